The summed E-state index contributed by atoms with van der Waals surface area (Å²) in [5.74, 6) is 0. The molecule has 8 heteroatoms. The molecule has 0 aliphatic carbocycles. The second-order valence-electron chi connectivity index (χ2n) is 8.27. The Morgan fingerprint density at radius 1 is 0.900 bits per heavy atom. The highest BCUT2D eigenvalue weighted by Crippen LogP contribution is 2.22. The predicted molar refractivity (Wildman–Crippen MR) is 118 cm³/mol. The Morgan fingerprint density at radius 2 is 1.57 bits per heavy atom. The van der Waals surface area contributed by atoms with E-state index in [1.54, 1.807) is 14.7 Å². The van der Waals surface area contributed by atoms with Crippen molar-refractivity contribution in [3.63, 3.8) is 0 Å². The fourth-order valence-corrected chi connectivity index (χ4v) is 6.09. The largest absolute Gasteiger partial charge is 0.423 e. The van der Waals surface area contributed by atoms with Gasteiger partial charge in [0.2, 0.25) is 0 Å². The molecule has 1 aromatic heterocycles. The fraction of sp³-hybridized carbons (Fsp3) is 0.591. The zero-order chi connectivity index (χ0) is 21.1. The molecule has 7 nitrogen and oxygen atoms in total. The summed E-state index contributed by atoms with van der Waals surface area (Å²) >= 11 is 0. The van der Waals surface area contributed by atoms with Gasteiger partial charge in [-0.25, -0.2) is 4.79 Å². The first-order chi connectivity index (χ1) is 14.5. The van der Waals surface area contributed by atoms with Crippen LogP contribution in [0.1, 0.15) is 43.7 Å². The number of benzene rings is 1. The van der Waals surface area contributed by atoms with Gasteiger partial charge in [-0.15, -0.1) is 0 Å². The Labute approximate surface area is 178 Å². The summed E-state index contributed by atoms with van der Waals surface area (Å²) in [6, 6.07) is 7.59. The van der Waals surface area contributed by atoms with Crippen LogP contribution in [0.5, 0.6) is 0 Å². The molecule has 2 aliphatic rings. The van der Waals surface area contributed by atoms with Gasteiger partial charge in [0, 0.05) is 57.3 Å². The Balaban J connectivity index is 1.44. The second-order valence-corrected chi connectivity index (χ2v) is 10.2. The molecule has 0 N–H and O–H groups in total. The SMILES string of the molecule is CCc1ccc2c(CN3CCN(S(=O)(=O)N4CCCCCC4)CC3)cc(=O)oc2c1. The maximum Gasteiger partial charge on any atom is 0.336 e. The molecule has 0 unspecified atom stereocenters. The van der Waals surface area contributed by atoms with E-state index >= 15 is 0 Å². The molecule has 0 spiro atoms. The molecule has 0 saturated carbocycles. The van der Waals surface area contributed by atoms with Gasteiger partial charge in [0.15, 0.2) is 0 Å². The van der Waals surface area contributed by atoms with E-state index in [1.165, 1.54) is 0 Å². The van der Waals surface area contributed by atoms with Gasteiger partial charge >= 0.3 is 5.63 Å². The molecule has 1 aromatic carbocycles. The van der Waals surface area contributed by atoms with Crippen molar-refractivity contribution >= 4 is 21.2 Å². The molecule has 164 valence electrons. The van der Waals surface area contributed by atoms with Crippen molar-refractivity contribution in [2.45, 2.75) is 45.6 Å². The lowest BCUT2D eigenvalue weighted by molar-refractivity contribution is 0.175. The first kappa shape index (κ1) is 21.5. The number of piperazine rings is 1. The normalized spacial score (nSPS) is 20.4. The molecule has 0 radical (unpaired) electrons. The van der Waals surface area contributed by atoms with Crippen LogP contribution >= 0.6 is 0 Å². The van der Waals surface area contributed by atoms with Crippen LogP contribution in [0.3, 0.4) is 0 Å². The fourth-order valence-electron chi connectivity index (χ4n) is 4.42. The minimum Gasteiger partial charge on any atom is -0.423 e. The standard InChI is InChI=1S/C22H31N3O4S/c1-2-18-7-8-20-19(16-22(26)29-21(20)15-18)17-23-11-13-25(14-12-23)30(27,28)24-9-5-3-4-6-10-24/h7-8,15-16H,2-6,9-14,17H2,1H3. The highest BCUT2D eigenvalue weighted by molar-refractivity contribution is 7.86. The molecule has 0 amide bonds. The van der Waals surface area contributed by atoms with Crippen molar-refractivity contribution in [3.8, 4) is 0 Å². The zero-order valence-electron chi connectivity index (χ0n) is 17.7. The molecule has 2 fully saturated rings. The van der Waals surface area contributed by atoms with Gasteiger partial charge in [0.05, 0.1) is 0 Å². The third-order valence-electron chi connectivity index (χ3n) is 6.25. The summed E-state index contributed by atoms with van der Waals surface area (Å²) < 4.78 is 34.7. The number of rotatable bonds is 5. The maximum absolute atomic E-state index is 13.0. The van der Waals surface area contributed by atoms with E-state index in [2.05, 4.69) is 17.9 Å². The van der Waals surface area contributed by atoms with Crippen LogP contribution in [0.2, 0.25) is 0 Å². The van der Waals surface area contributed by atoms with E-state index in [-0.39, 0.29) is 5.63 Å². The van der Waals surface area contributed by atoms with Crippen LogP contribution in [-0.4, -0.2) is 61.2 Å². The number of hydrogen-bond donors (Lipinski definition) is 0. The lowest BCUT2D eigenvalue weighted by Gasteiger charge is -2.36. The summed E-state index contributed by atoms with van der Waals surface area (Å²) in [6.07, 6.45) is 5.00. The molecular weight excluding hydrogens is 402 g/mol. The topological polar surface area (TPSA) is 74.1 Å². The van der Waals surface area contributed by atoms with Crippen LogP contribution in [0, 0.1) is 0 Å². The molecule has 30 heavy (non-hydrogen) atoms. The number of aryl methyl sites for hydroxylation is 1. The van der Waals surface area contributed by atoms with Gasteiger partial charge < -0.3 is 4.42 Å². The van der Waals surface area contributed by atoms with E-state index in [0.717, 1.165) is 48.6 Å². The Hall–Kier alpha value is -1.74. The third-order valence-corrected chi connectivity index (χ3v) is 8.28. The van der Waals surface area contributed by atoms with Crippen LogP contribution in [0.4, 0.5) is 0 Å². The summed E-state index contributed by atoms with van der Waals surface area (Å²) in [4.78, 5) is 14.3. The summed E-state index contributed by atoms with van der Waals surface area (Å²) in [6.45, 7) is 6.23. The molecule has 2 aliphatic heterocycles. The third kappa shape index (κ3) is 4.61. The molecule has 2 aromatic rings. The molecule has 4 rings (SSSR count). The lowest BCUT2D eigenvalue weighted by atomic mass is 10.1. The number of hydrogen-bond acceptors (Lipinski definition) is 5. The van der Waals surface area contributed by atoms with Gasteiger partial charge in [-0.2, -0.15) is 17.0 Å². The Kier molecular flexibility index (Phi) is 6.57. The van der Waals surface area contributed by atoms with E-state index in [4.69, 9.17) is 4.42 Å². The molecule has 0 atom stereocenters. The van der Waals surface area contributed by atoms with Crippen molar-refractivity contribution < 1.29 is 12.8 Å². The first-order valence-electron chi connectivity index (χ1n) is 11.0. The van der Waals surface area contributed by atoms with E-state index in [9.17, 15) is 13.2 Å². The molecule has 0 bridgehead atoms. The zero-order valence-corrected chi connectivity index (χ0v) is 18.5. The monoisotopic (exact) mass is 433 g/mol. The van der Waals surface area contributed by atoms with Gasteiger partial charge in [-0.05, 0) is 36.5 Å². The smallest absolute Gasteiger partial charge is 0.336 e. The summed E-state index contributed by atoms with van der Waals surface area (Å²) in [7, 11) is -3.38. The van der Waals surface area contributed by atoms with Crippen molar-refractivity contribution in [1.82, 2.24) is 13.5 Å². The number of fused-ring (bicyclic) bond motifs is 1. The van der Waals surface area contributed by atoms with Crippen LogP contribution in [0.15, 0.2) is 33.5 Å². The summed E-state index contributed by atoms with van der Waals surface area (Å²) in [5.41, 5.74) is 2.36. The lowest BCUT2D eigenvalue weighted by Crippen LogP contribution is -2.52. The van der Waals surface area contributed by atoms with E-state index in [1.807, 2.05) is 12.1 Å². The number of nitrogens with zero attached hydrogens (tertiary/aromatic N) is 3. The van der Waals surface area contributed by atoms with Gasteiger partial charge in [-0.1, -0.05) is 31.9 Å². The Morgan fingerprint density at radius 3 is 2.23 bits per heavy atom. The molecular formula is C22H31N3O4S. The predicted octanol–water partition coefficient (Wildman–Crippen LogP) is 2.59. The Bertz CT molecular complexity index is 1030. The van der Waals surface area contributed by atoms with Crippen molar-refractivity contribution in [1.29, 1.82) is 0 Å². The van der Waals surface area contributed by atoms with E-state index in [0.29, 0.717) is 51.4 Å². The average Bonchev–Trinajstić information content (AvgIpc) is 3.04. The maximum atomic E-state index is 13.0. The first-order valence-corrected chi connectivity index (χ1v) is 12.4. The van der Waals surface area contributed by atoms with E-state index < -0.39 is 10.2 Å². The van der Waals surface area contributed by atoms with Crippen LogP contribution in [0.25, 0.3) is 11.0 Å². The van der Waals surface area contributed by atoms with Gasteiger partial charge in [0.25, 0.3) is 10.2 Å². The van der Waals surface area contributed by atoms with Crippen molar-refractivity contribution in [2.24, 2.45) is 0 Å². The highest BCUT2D eigenvalue weighted by atomic mass is 32.2. The highest BCUT2D eigenvalue weighted by Gasteiger charge is 2.32. The van der Waals surface area contributed by atoms with Gasteiger partial charge in [0.1, 0.15) is 5.58 Å². The summed E-state index contributed by atoms with van der Waals surface area (Å²) in [5, 5.41) is 0.950. The van der Waals surface area contributed by atoms with Crippen LogP contribution in [-0.2, 0) is 23.2 Å². The van der Waals surface area contributed by atoms with Crippen LogP contribution < -0.4 is 5.63 Å². The average molecular weight is 434 g/mol. The molecule has 2 saturated heterocycles. The second kappa shape index (κ2) is 9.18. The molecule has 3 heterocycles. The quantitative estimate of drug-likeness (QED) is 0.678. The van der Waals surface area contributed by atoms with Gasteiger partial charge in [-0.3, -0.25) is 4.90 Å². The minimum atomic E-state index is -3.38. The minimum absolute atomic E-state index is 0.340. The van der Waals surface area contributed by atoms with Crippen molar-refractivity contribution in [2.75, 3.05) is 39.3 Å². The van der Waals surface area contributed by atoms with Crippen molar-refractivity contribution in [3.05, 3.63) is 45.8 Å².